The van der Waals surface area contributed by atoms with Gasteiger partial charge in [-0.25, -0.2) is 4.79 Å². The van der Waals surface area contributed by atoms with Crippen LogP contribution >= 0.6 is 23.2 Å². The number of Topliss-reactive ketones (excluding diaryl/α,β-unsaturated/α-hetero) is 1. The van der Waals surface area contributed by atoms with Crippen LogP contribution in [0.4, 0.5) is 0 Å². The normalized spacial score (nSPS) is 15.5. The number of esters is 1. The number of aromatic nitrogens is 1. The lowest BCUT2D eigenvalue weighted by molar-refractivity contribution is 0.0377. The maximum Gasteiger partial charge on any atom is 0.340 e. The Labute approximate surface area is 175 Å². The molecule has 0 bridgehead atoms. The zero-order chi connectivity index (χ0) is 20.8. The topological polar surface area (TPSA) is 56.3 Å². The number of aryl methyl sites for hydroxylation is 1. The molecule has 0 amide bonds. The minimum absolute atomic E-state index is 0.0524. The fourth-order valence-electron chi connectivity index (χ4n) is 3.72. The van der Waals surface area contributed by atoms with E-state index in [0.29, 0.717) is 51.0 Å². The summed E-state index contributed by atoms with van der Waals surface area (Å²) >= 11 is 12.7. The van der Waals surface area contributed by atoms with E-state index < -0.39 is 5.97 Å². The van der Waals surface area contributed by atoms with Crippen molar-refractivity contribution in [1.82, 2.24) is 4.98 Å². The van der Waals surface area contributed by atoms with Crippen LogP contribution in [0.15, 0.2) is 18.2 Å². The monoisotopic (exact) mass is 419 g/mol. The summed E-state index contributed by atoms with van der Waals surface area (Å²) in [5.74, 6) is -0.574. The highest BCUT2D eigenvalue weighted by atomic mass is 35.5. The highest BCUT2D eigenvalue weighted by Gasteiger charge is 2.37. The maximum absolute atomic E-state index is 13.1. The van der Waals surface area contributed by atoms with Crippen LogP contribution in [0.3, 0.4) is 0 Å². The third-order valence-corrected chi connectivity index (χ3v) is 5.60. The Morgan fingerprint density at radius 3 is 2.50 bits per heavy atom. The smallest absolute Gasteiger partial charge is 0.340 e. The molecule has 0 spiro atoms. The summed E-state index contributed by atoms with van der Waals surface area (Å²) in [4.78, 5) is 30.7. The fourth-order valence-corrected chi connectivity index (χ4v) is 4.12. The van der Waals surface area contributed by atoms with Crippen LogP contribution in [0.25, 0.3) is 11.1 Å². The van der Waals surface area contributed by atoms with Crippen molar-refractivity contribution in [3.05, 3.63) is 50.8 Å². The van der Waals surface area contributed by atoms with Crippen LogP contribution in [0.1, 0.15) is 66.2 Å². The first kappa shape index (κ1) is 20.8. The number of ether oxygens (including phenoxy) is 1. The largest absolute Gasteiger partial charge is 0.459 e. The van der Waals surface area contributed by atoms with Crippen molar-refractivity contribution in [3.8, 4) is 11.1 Å². The van der Waals surface area contributed by atoms with Crippen molar-refractivity contribution in [3.63, 3.8) is 0 Å². The number of hydrogen-bond acceptors (Lipinski definition) is 4. The van der Waals surface area contributed by atoms with Crippen LogP contribution in [-0.4, -0.2) is 22.8 Å². The number of benzene rings is 1. The molecule has 0 aliphatic heterocycles. The Bertz CT molecular complexity index is 980. The van der Waals surface area contributed by atoms with E-state index in [2.05, 4.69) is 4.98 Å². The lowest BCUT2D eigenvalue weighted by Gasteiger charge is -2.32. The molecule has 0 unspecified atom stereocenters. The van der Waals surface area contributed by atoms with Gasteiger partial charge in [0, 0.05) is 23.1 Å². The van der Waals surface area contributed by atoms with Crippen molar-refractivity contribution in [2.24, 2.45) is 5.41 Å². The van der Waals surface area contributed by atoms with Crippen molar-refractivity contribution >= 4 is 35.0 Å². The molecular formula is C22H23Cl2NO3. The molecule has 0 radical (unpaired) electrons. The molecule has 1 aromatic heterocycles. The lowest BCUT2D eigenvalue weighted by atomic mass is 9.73. The quantitative estimate of drug-likeness (QED) is 0.565. The molecule has 3 rings (SSSR count). The summed E-state index contributed by atoms with van der Waals surface area (Å²) in [5.41, 5.74) is 2.74. The van der Waals surface area contributed by atoms with Crippen molar-refractivity contribution < 1.29 is 14.3 Å². The molecule has 148 valence electrons. The number of halogens is 2. The van der Waals surface area contributed by atoms with Crippen LogP contribution in [0.2, 0.25) is 10.0 Å². The molecule has 0 saturated heterocycles. The van der Waals surface area contributed by atoms with Crippen LogP contribution in [0, 0.1) is 12.3 Å². The molecule has 0 atom stereocenters. The number of fused-ring (bicyclic) bond motifs is 1. The molecule has 4 nitrogen and oxygen atoms in total. The Kier molecular flexibility index (Phi) is 5.57. The highest BCUT2D eigenvalue weighted by molar-refractivity contribution is 6.44. The van der Waals surface area contributed by atoms with Gasteiger partial charge in [-0.05, 0) is 38.7 Å². The molecule has 1 aromatic carbocycles. The summed E-state index contributed by atoms with van der Waals surface area (Å²) in [6.07, 6.45) is 0.703. The number of hydrogen-bond donors (Lipinski definition) is 0. The first-order valence-corrected chi connectivity index (χ1v) is 9.99. The van der Waals surface area contributed by atoms with E-state index in [1.807, 2.05) is 13.8 Å². The van der Waals surface area contributed by atoms with E-state index in [1.165, 1.54) is 0 Å². The average molecular weight is 420 g/mol. The minimum atomic E-state index is -0.522. The molecule has 0 fully saturated rings. The molecular weight excluding hydrogens is 397 g/mol. The molecule has 0 saturated carbocycles. The fraction of sp³-hybridized carbons (Fsp3) is 0.409. The van der Waals surface area contributed by atoms with Crippen LogP contribution in [-0.2, 0) is 11.2 Å². The van der Waals surface area contributed by atoms with Crippen molar-refractivity contribution in [1.29, 1.82) is 0 Å². The number of rotatable bonds is 3. The molecule has 28 heavy (non-hydrogen) atoms. The number of carbonyl (C=O) groups excluding carboxylic acids is 2. The molecule has 0 N–H and O–H groups in total. The molecule has 1 heterocycles. The van der Waals surface area contributed by atoms with E-state index in [4.69, 9.17) is 27.9 Å². The zero-order valence-electron chi connectivity index (χ0n) is 16.7. The number of ketones is 1. The number of carbonyl (C=O) groups is 2. The van der Waals surface area contributed by atoms with Crippen LogP contribution < -0.4 is 0 Å². The first-order valence-electron chi connectivity index (χ1n) is 9.24. The van der Waals surface area contributed by atoms with Gasteiger partial charge in [0.05, 0.1) is 33.1 Å². The standard InChI is InChI=1S/C22H23Cl2NO3/c1-11(2)28-21(27)17-12(3)25-15-9-22(4,5)10-16(26)19(15)18(17)13-7-6-8-14(23)20(13)24/h6-8,11H,9-10H2,1-5H3. The van der Waals surface area contributed by atoms with Gasteiger partial charge in [0.2, 0.25) is 0 Å². The SMILES string of the molecule is Cc1nc2c(c(-c3cccc(Cl)c3Cl)c1C(=O)OC(C)C)C(=O)CC(C)(C)C2. The summed E-state index contributed by atoms with van der Waals surface area (Å²) in [5, 5.41) is 0.655. The Balaban J connectivity index is 2.39. The van der Waals surface area contributed by atoms with Gasteiger partial charge in [0.25, 0.3) is 0 Å². The second-order valence-corrected chi connectivity index (χ2v) is 9.05. The predicted molar refractivity (Wildman–Crippen MR) is 111 cm³/mol. The van der Waals surface area contributed by atoms with E-state index in [-0.39, 0.29) is 22.9 Å². The van der Waals surface area contributed by atoms with Crippen molar-refractivity contribution in [2.45, 2.75) is 53.6 Å². The third-order valence-electron chi connectivity index (χ3n) is 4.78. The zero-order valence-corrected chi connectivity index (χ0v) is 18.2. The first-order chi connectivity index (χ1) is 13.0. The highest BCUT2D eigenvalue weighted by Crippen LogP contribution is 2.43. The van der Waals surface area contributed by atoms with Gasteiger partial charge in [-0.3, -0.25) is 9.78 Å². The van der Waals surface area contributed by atoms with E-state index in [1.54, 1.807) is 39.0 Å². The third kappa shape index (κ3) is 3.81. The van der Waals surface area contributed by atoms with Gasteiger partial charge in [-0.1, -0.05) is 49.2 Å². The predicted octanol–water partition coefficient (Wildman–Crippen LogP) is 6.08. The van der Waals surface area contributed by atoms with Crippen molar-refractivity contribution in [2.75, 3.05) is 0 Å². The number of pyridine rings is 1. The van der Waals surface area contributed by atoms with Gasteiger partial charge in [0.1, 0.15) is 0 Å². The van der Waals surface area contributed by atoms with Gasteiger partial charge in [0.15, 0.2) is 5.78 Å². The average Bonchev–Trinajstić information content (AvgIpc) is 2.54. The van der Waals surface area contributed by atoms with Gasteiger partial charge >= 0.3 is 5.97 Å². The summed E-state index contributed by atoms with van der Waals surface area (Å²) in [6, 6.07) is 5.19. The second-order valence-electron chi connectivity index (χ2n) is 8.27. The molecule has 2 aromatic rings. The van der Waals surface area contributed by atoms with E-state index in [9.17, 15) is 9.59 Å². The Morgan fingerprint density at radius 2 is 1.86 bits per heavy atom. The minimum Gasteiger partial charge on any atom is -0.459 e. The Morgan fingerprint density at radius 1 is 1.18 bits per heavy atom. The molecule has 1 aliphatic carbocycles. The summed E-state index contributed by atoms with van der Waals surface area (Å²) < 4.78 is 5.45. The van der Waals surface area contributed by atoms with Gasteiger partial charge in [-0.15, -0.1) is 0 Å². The summed E-state index contributed by atoms with van der Waals surface area (Å²) in [7, 11) is 0. The number of nitrogens with zero attached hydrogens (tertiary/aromatic N) is 1. The second kappa shape index (κ2) is 7.49. The van der Waals surface area contributed by atoms with E-state index in [0.717, 1.165) is 0 Å². The Hall–Kier alpha value is -1.91. The van der Waals surface area contributed by atoms with Gasteiger partial charge in [-0.2, -0.15) is 0 Å². The molecule has 1 aliphatic rings. The maximum atomic E-state index is 13.1. The lowest BCUT2D eigenvalue weighted by Crippen LogP contribution is -2.30. The van der Waals surface area contributed by atoms with E-state index >= 15 is 0 Å². The molecule has 6 heteroatoms. The summed E-state index contributed by atoms with van der Waals surface area (Å²) in [6.45, 7) is 9.39. The van der Waals surface area contributed by atoms with Gasteiger partial charge < -0.3 is 4.74 Å². The van der Waals surface area contributed by atoms with Crippen LogP contribution in [0.5, 0.6) is 0 Å².